The van der Waals surface area contributed by atoms with E-state index in [-0.39, 0.29) is 0 Å². The van der Waals surface area contributed by atoms with Gasteiger partial charge in [-0.1, -0.05) is 18.2 Å². The summed E-state index contributed by atoms with van der Waals surface area (Å²) in [5.74, 6) is 1.78. The highest BCUT2D eigenvalue weighted by Crippen LogP contribution is 2.27. The van der Waals surface area contributed by atoms with Crippen molar-refractivity contribution in [1.82, 2.24) is 4.98 Å². The number of nitrogens with zero attached hydrogens (tertiary/aromatic N) is 1. The van der Waals surface area contributed by atoms with Crippen LogP contribution in [-0.4, -0.2) is 4.98 Å². The molecule has 1 heterocycles. The van der Waals surface area contributed by atoms with Crippen LogP contribution < -0.4 is 4.74 Å². The minimum atomic E-state index is 0.404. The number of ether oxygens (including phenoxy) is 1. The number of alkyl halides is 1. The van der Waals surface area contributed by atoms with Gasteiger partial charge in [0.25, 0.3) is 0 Å². The van der Waals surface area contributed by atoms with Gasteiger partial charge in [0.15, 0.2) is 0 Å². The number of aryl methyl sites for hydroxylation is 2. The predicted octanol–water partition coefficient (Wildman–Crippen LogP) is 4.23. The molecule has 0 bridgehead atoms. The average molecular weight is 248 g/mol. The van der Waals surface area contributed by atoms with Gasteiger partial charge in [-0.15, -0.1) is 11.6 Å². The molecule has 0 radical (unpaired) electrons. The minimum absolute atomic E-state index is 0.404. The first kappa shape index (κ1) is 11.9. The lowest BCUT2D eigenvalue weighted by molar-refractivity contribution is 0.456. The third kappa shape index (κ3) is 2.77. The molecule has 0 aliphatic rings. The van der Waals surface area contributed by atoms with Crippen LogP contribution in [0.25, 0.3) is 0 Å². The van der Waals surface area contributed by atoms with E-state index in [4.69, 9.17) is 16.3 Å². The SMILES string of the molecule is Cc1cc(C)c(CCl)c(Oc2ccccc2)n1. The van der Waals surface area contributed by atoms with Crippen LogP contribution in [0, 0.1) is 13.8 Å². The molecule has 0 spiro atoms. The van der Waals surface area contributed by atoms with Gasteiger partial charge in [0.1, 0.15) is 5.75 Å². The maximum Gasteiger partial charge on any atom is 0.224 e. The molecule has 0 atom stereocenters. The summed E-state index contributed by atoms with van der Waals surface area (Å²) < 4.78 is 5.77. The highest BCUT2D eigenvalue weighted by Gasteiger charge is 2.09. The Labute approximate surface area is 106 Å². The molecule has 0 N–H and O–H groups in total. The van der Waals surface area contributed by atoms with E-state index in [2.05, 4.69) is 4.98 Å². The molecule has 1 aromatic carbocycles. The molecular weight excluding hydrogens is 234 g/mol. The average Bonchev–Trinajstić information content (AvgIpc) is 2.30. The number of hydrogen-bond acceptors (Lipinski definition) is 2. The summed E-state index contributed by atoms with van der Waals surface area (Å²) in [6.45, 7) is 3.97. The van der Waals surface area contributed by atoms with Gasteiger partial charge in [-0.25, -0.2) is 4.98 Å². The third-order valence-corrected chi connectivity index (χ3v) is 2.80. The molecule has 0 saturated heterocycles. The topological polar surface area (TPSA) is 22.1 Å². The second-order valence-electron chi connectivity index (χ2n) is 3.91. The van der Waals surface area contributed by atoms with Crippen molar-refractivity contribution < 1.29 is 4.74 Å². The zero-order chi connectivity index (χ0) is 12.3. The Kier molecular flexibility index (Phi) is 3.64. The van der Waals surface area contributed by atoms with Crippen molar-refractivity contribution in [2.45, 2.75) is 19.7 Å². The fourth-order valence-corrected chi connectivity index (χ4v) is 2.00. The Bertz CT molecular complexity index is 511. The summed E-state index contributed by atoms with van der Waals surface area (Å²) in [4.78, 5) is 4.39. The standard InChI is InChI=1S/C14H14ClNO/c1-10-8-11(2)16-14(13(10)9-15)17-12-6-4-3-5-7-12/h3-8H,9H2,1-2H3. The molecule has 0 aliphatic heterocycles. The van der Waals surface area contributed by atoms with Crippen molar-refractivity contribution in [1.29, 1.82) is 0 Å². The molecule has 2 nitrogen and oxygen atoms in total. The summed E-state index contributed by atoms with van der Waals surface area (Å²) in [6.07, 6.45) is 0. The summed E-state index contributed by atoms with van der Waals surface area (Å²) >= 11 is 5.94. The molecule has 0 fully saturated rings. The van der Waals surface area contributed by atoms with Crippen LogP contribution >= 0.6 is 11.6 Å². The monoisotopic (exact) mass is 247 g/mol. The number of rotatable bonds is 3. The van der Waals surface area contributed by atoms with Crippen molar-refractivity contribution in [2.24, 2.45) is 0 Å². The minimum Gasteiger partial charge on any atom is -0.439 e. The number of halogens is 1. The first-order valence-corrected chi connectivity index (χ1v) is 6.00. The van der Waals surface area contributed by atoms with Crippen molar-refractivity contribution in [2.75, 3.05) is 0 Å². The highest BCUT2D eigenvalue weighted by molar-refractivity contribution is 6.17. The van der Waals surface area contributed by atoms with E-state index in [0.717, 1.165) is 22.6 Å². The number of benzene rings is 1. The molecule has 0 unspecified atom stereocenters. The van der Waals surface area contributed by atoms with E-state index in [9.17, 15) is 0 Å². The van der Waals surface area contributed by atoms with Crippen LogP contribution in [0.15, 0.2) is 36.4 Å². The lowest BCUT2D eigenvalue weighted by atomic mass is 10.1. The van der Waals surface area contributed by atoms with Crippen molar-refractivity contribution >= 4 is 11.6 Å². The zero-order valence-electron chi connectivity index (χ0n) is 9.90. The maximum absolute atomic E-state index is 5.94. The number of pyridine rings is 1. The van der Waals surface area contributed by atoms with E-state index < -0.39 is 0 Å². The van der Waals surface area contributed by atoms with Crippen molar-refractivity contribution in [3.05, 3.63) is 53.2 Å². The van der Waals surface area contributed by atoms with Gasteiger partial charge in [-0.05, 0) is 37.6 Å². The van der Waals surface area contributed by atoms with E-state index >= 15 is 0 Å². The fraction of sp³-hybridized carbons (Fsp3) is 0.214. The first-order valence-electron chi connectivity index (χ1n) is 5.46. The summed E-state index contributed by atoms with van der Waals surface area (Å²) in [6, 6.07) is 11.6. The molecule has 0 amide bonds. The lowest BCUT2D eigenvalue weighted by Gasteiger charge is -2.11. The Hall–Kier alpha value is -1.54. The summed E-state index contributed by atoms with van der Waals surface area (Å²) in [5, 5.41) is 0. The Morgan fingerprint density at radius 3 is 2.53 bits per heavy atom. The van der Waals surface area contributed by atoms with Gasteiger partial charge in [0.05, 0.1) is 5.88 Å². The van der Waals surface area contributed by atoms with Crippen molar-refractivity contribution in [3.63, 3.8) is 0 Å². The molecular formula is C14H14ClNO. The van der Waals surface area contributed by atoms with Gasteiger partial charge in [0.2, 0.25) is 5.88 Å². The molecule has 0 saturated carbocycles. The Morgan fingerprint density at radius 2 is 1.88 bits per heavy atom. The van der Waals surface area contributed by atoms with E-state index in [1.165, 1.54) is 0 Å². The number of hydrogen-bond donors (Lipinski definition) is 0. The molecule has 1 aromatic heterocycles. The Morgan fingerprint density at radius 1 is 1.18 bits per heavy atom. The fourth-order valence-electron chi connectivity index (χ4n) is 1.68. The first-order chi connectivity index (χ1) is 8.20. The van der Waals surface area contributed by atoms with Crippen LogP contribution in [0.1, 0.15) is 16.8 Å². The Balaban J connectivity index is 2.38. The van der Waals surface area contributed by atoms with Crippen LogP contribution in [0.3, 0.4) is 0 Å². The molecule has 2 rings (SSSR count). The van der Waals surface area contributed by atoms with Crippen LogP contribution in [0.2, 0.25) is 0 Å². The largest absolute Gasteiger partial charge is 0.439 e. The lowest BCUT2D eigenvalue weighted by Crippen LogP contribution is -1.98. The molecule has 0 aliphatic carbocycles. The highest BCUT2D eigenvalue weighted by atomic mass is 35.5. The van der Waals surface area contributed by atoms with Gasteiger partial charge < -0.3 is 4.74 Å². The van der Waals surface area contributed by atoms with Gasteiger partial charge >= 0.3 is 0 Å². The van der Waals surface area contributed by atoms with Gasteiger partial charge in [0, 0.05) is 11.3 Å². The normalized spacial score (nSPS) is 10.3. The van der Waals surface area contributed by atoms with Crippen molar-refractivity contribution in [3.8, 4) is 11.6 Å². The summed E-state index contributed by atoms with van der Waals surface area (Å²) in [5.41, 5.74) is 2.99. The quantitative estimate of drug-likeness (QED) is 0.758. The zero-order valence-corrected chi connectivity index (χ0v) is 10.7. The van der Waals surface area contributed by atoms with E-state index in [0.29, 0.717) is 11.8 Å². The van der Waals surface area contributed by atoms with E-state index in [1.54, 1.807) is 0 Å². The summed E-state index contributed by atoms with van der Waals surface area (Å²) in [7, 11) is 0. The molecule has 2 aromatic rings. The molecule has 88 valence electrons. The molecule has 17 heavy (non-hydrogen) atoms. The van der Waals surface area contributed by atoms with Crippen LogP contribution in [-0.2, 0) is 5.88 Å². The predicted molar refractivity (Wildman–Crippen MR) is 69.8 cm³/mol. The molecule has 3 heteroatoms. The van der Waals surface area contributed by atoms with Crippen LogP contribution in [0.4, 0.5) is 0 Å². The second kappa shape index (κ2) is 5.19. The third-order valence-electron chi connectivity index (χ3n) is 2.53. The number of para-hydroxylation sites is 1. The van der Waals surface area contributed by atoms with E-state index in [1.807, 2.05) is 50.2 Å². The second-order valence-corrected chi connectivity index (χ2v) is 4.18. The smallest absolute Gasteiger partial charge is 0.224 e. The number of aromatic nitrogens is 1. The van der Waals surface area contributed by atoms with Gasteiger partial charge in [-0.2, -0.15) is 0 Å². The van der Waals surface area contributed by atoms with Gasteiger partial charge in [-0.3, -0.25) is 0 Å². The maximum atomic E-state index is 5.94. The van der Waals surface area contributed by atoms with Crippen LogP contribution in [0.5, 0.6) is 11.6 Å².